The number of amides is 1. The first-order chi connectivity index (χ1) is 12.0. The highest BCUT2D eigenvalue weighted by molar-refractivity contribution is 9.10. The van der Waals surface area contributed by atoms with Gasteiger partial charge in [-0.2, -0.15) is 0 Å². The Morgan fingerprint density at radius 1 is 1.24 bits per heavy atom. The van der Waals surface area contributed by atoms with Crippen LogP contribution in [0, 0.1) is 6.92 Å². The van der Waals surface area contributed by atoms with Crippen molar-refractivity contribution in [2.24, 2.45) is 0 Å². The summed E-state index contributed by atoms with van der Waals surface area (Å²) in [6, 6.07) is 10.5. The highest BCUT2D eigenvalue weighted by Crippen LogP contribution is 2.17. The Morgan fingerprint density at radius 2 is 2.04 bits per heavy atom. The number of hydrogen-bond donors (Lipinski definition) is 1. The lowest BCUT2D eigenvalue weighted by atomic mass is 10.2. The third-order valence-electron chi connectivity index (χ3n) is 3.27. The highest BCUT2D eigenvalue weighted by Gasteiger charge is 2.14. The van der Waals surface area contributed by atoms with Crippen molar-refractivity contribution in [2.45, 2.75) is 13.8 Å². The number of hydrogen-bond acceptors (Lipinski definition) is 5. The van der Waals surface area contributed by atoms with Gasteiger partial charge in [-0.3, -0.25) is 4.79 Å². The van der Waals surface area contributed by atoms with Gasteiger partial charge in [0.2, 0.25) is 0 Å². The van der Waals surface area contributed by atoms with E-state index in [4.69, 9.17) is 9.47 Å². The van der Waals surface area contributed by atoms with Crippen LogP contribution in [0.3, 0.4) is 0 Å². The third kappa shape index (κ3) is 5.56. The predicted molar refractivity (Wildman–Crippen MR) is 96.9 cm³/mol. The highest BCUT2D eigenvalue weighted by atomic mass is 79.9. The standard InChI is InChI=1S/C18H19BrN2O4/c1-3-24-18(23)15-7-8-16(21-12(15)2)17(22)20-9-10-25-14-6-4-5-13(19)11-14/h4-8,11H,3,9-10H2,1-2H3,(H,20,22). The second-order valence-corrected chi connectivity index (χ2v) is 6.03. The zero-order chi connectivity index (χ0) is 18.2. The maximum absolute atomic E-state index is 12.1. The number of pyridine rings is 1. The van der Waals surface area contributed by atoms with Crippen LogP contribution in [-0.2, 0) is 4.74 Å². The minimum absolute atomic E-state index is 0.244. The van der Waals surface area contributed by atoms with E-state index >= 15 is 0 Å². The number of esters is 1. The van der Waals surface area contributed by atoms with Gasteiger partial charge in [0.1, 0.15) is 18.1 Å². The van der Waals surface area contributed by atoms with E-state index in [1.54, 1.807) is 19.9 Å². The van der Waals surface area contributed by atoms with Crippen LogP contribution in [0.5, 0.6) is 5.75 Å². The van der Waals surface area contributed by atoms with Crippen molar-refractivity contribution in [1.82, 2.24) is 10.3 Å². The number of benzene rings is 1. The molecule has 0 radical (unpaired) electrons. The monoisotopic (exact) mass is 406 g/mol. The smallest absolute Gasteiger partial charge is 0.339 e. The average Bonchev–Trinajstić information content (AvgIpc) is 2.58. The van der Waals surface area contributed by atoms with Gasteiger partial charge in [-0.05, 0) is 44.2 Å². The number of ether oxygens (including phenoxy) is 2. The molecule has 0 aliphatic rings. The van der Waals surface area contributed by atoms with Crippen LogP contribution in [0.4, 0.5) is 0 Å². The van der Waals surface area contributed by atoms with Gasteiger partial charge < -0.3 is 14.8 Å². The molecule has 1 aromatic carbocycles. The fourth-order valence-electron chi connectivity index (χ4n) is 2.09. The van der Waals surface area contributed by atoms with Crippen molar-refractivity contribution < 1.29 is 19.1 Å². The molecular formula is C18H19BrN2O4. The molecule has 2 aromatic rings. The normalized spacial score (nSPS) is 10.2. The summed E-state index contributed by atoms with van der Waals surface area (Å²) in [4.78, 5) is 28.0. The van der Waals surface area contributed by atoms with E-state index in [2.05, 4.69) is 26.2 Å². The van der Waals surface area contributed by atoms with Gasteiger partial charge in [0.25, 0.3) is 5.91 Å². The van der Waals surface area contributed by atoms with Crippen LogP contribution >= 0.6 is 15.9 Å². The number of aromatic nitrogens is 1. The molecule has 0 aliphatic carbocycles. The van der Waals surface area contributed by atoms with Gasteiger partial charge in [0.05, 0.1) is 24.4 Å². The van der Waals surface area contributed by atoms with Crippen LogP contribution in [0.25, 0.3) is 0 Å². The maximum atomic E-state index is 12.1. The molecule has 0 saturated heterocycles. The molecule has 1 amide bonds. The molecule has 0 aliphatic heterocycles. The number of halogens is 1. The van der Waals surface area contributed by atoms with Crippen molar-refractivity contribution >= 4 is 27.8 Å². The number of carbonyl (C=O) groups excluding carboxylic acids is 2. The molecule has 1 heterocycles. The Labute approximate surface area is 154 Å². The Hall–Kier alpha value is -2.41. The maximum Gasteiger partial charge on any atom is 0.339 e. The fraction of sp³-hybridized carbons (Fsp3) is 0.278. The molecule has 0 saturated carbocycles. The van der Waals surface area contributed by atoms with Crippen LogP contribution in [-0.4, -0.2) is 36.6 Å². The van der Waals surface area contributed by atoms with E-state index in [0.717, 1.165) is 10.2 Å². The quantitative estimate of drug-likeness (QED) is 0.564. The minimum atomic E-state index is -0.443. The van der Waals surface area contributed by atoms with Crippen LogP contribution in [0.1, 0.15) is 33.5 Å². The van der Waals surface area contributed by atoms with E-state index in [0.29, 0.717) is 31.0 Å². The summed E-state index contributed by atoms with van der Waals surface area (Å²) in [6.07, 6.45) is 0. The topological polar surface area (TPSA) is 77.5 Å². The average molecular weight is 407 g/mol. The first-order valence-electron chi connectivity index (χ1n) is 7.82. The summed E-state index contributed by atoms with van der Waals surface area (Å²) in [5.41, 5.74) is 1.06. The van der Waals surface area contributed by atoms with Gasteiger partial charge in [-0.1, -0.05) is 22.0 Å². The summed E-state index contributed by atoms with van der Waals surface area (Å²) in [5, 5.41) is 2.73. The second kappa shape index (κ2) is 9.17. The molecule has 0 atom stereocenters. The zero-order valence-electron chi connectivity index (χ0n) is 14.0. The lowest BCUT2D eigenvalue weighted by molar-refractivity contribution is 0.0524. The van der Waals surface area contributed by atoms with E-state index in [-0.39, 0.29) is 11.6 Å². The molecule has 0 spiro atoms. The zero-order valence-corrected chi connectivity index (χ0v) is 15.6. The van der Waals surface area contributed by atoms with Gasteiger partial charge >= 0.3 is 5.97 Å². The molecule has 0 unspecified atom stereocenters. The minimum Gasteiger partial charge on any atom is -0.492 e. The van der Waals surface area contributed by atoms with Crippen molar-refractivity contribution in [1.29, 1.82) is 0 Å². The summed E-state index contributed by atoms with van der Waals surface area (Å²) < 4.78 is 11.4. The van der Waals surface area contributed by atoms with Crippen molar-refractivity contribution in [3.8, 4) is 5.75 Å². The lowest BCUT2D eigenvalue weighted by Crippen LogP contribution is -2.29. The molecule has 0 fully saturated rings. The summed E-state index contributed by atoms with van der Waals surface area (Å²) >= 11 is 3.37. The van der Waals surface area contributed by atoms with Crippen molar-refractivity contribution in [3.63, 3.8) is 0 Å². The Morgan fingerprint density at radius 3 is 2.72 bits per heavy atom. The van der Waals surface area contributed by atoms with Gasteiger partial charge in [0.15, 0.2) is 0 Å². The van der Waals surface area contributed by atoms with E-state index in [1.165, 1.54) is 6.07 Å². The molecule has 7 heteroatoms. The van der Waals surface area contributed by atoms with Crippen LogP contribution < -0.4 is 10.1 Å². The molecule has 25 heavy (non-hydrogen) atoms. The summed E-state index contributed by atoms with van der Waals surface area (Å²) in [7, 11) is 0. The lowest BCUT2D eigenvalue weighted by Gasteiger charge is -2.09. The Kier molecular flexibility index (Phi) is 6.94. The number of carbonyl (C=O) groups is 2. The molecule has 2 rings (SSSR count). The summed E-state index contributed by atoms with van der Waals surface area (Å²) in [5.74, 6) is -0.0467. The first-order valence-corrected chi connectivity index (χ1v) is 8.62. The van der Waals surface area contributed by atoms with Crippen molar-refractivity contribution in [2.75, 3.05) is 19.8 Å². The van der Waals surface area contributed by atoms with E-state index in [1.807, 2.05) is 24.3 Å². The largest absolute Gasteiger partial charge is 0.492 e. The number of nitrogens with one attached hydrogen (secondary N) is 1. The predicted octanol–water partition coefficient (Wildman–Crippen LogP) is 3.14. The molecule has 1 aromatic heterocycles. The number of aryl methyl sites for hydroxylation is 1. The molecule has 0 bridgehead atoms. The van der Waals surface area contributed by atoms with E-state index < -0.39 is 5.97 Å². The molecular weight excluding hydrogens is 388 g/mol. The molecule has 132 valence electrons. The number of nitrogens with zero attached hydrogens (tertiary/aromatic N) is 1. The van der Waals surface area contributed by atoms with Gasteiger partial charge in [0, 0.05) is 4.47 Å². The molecule has 6 nitrogen and oxygen atoms in total. The van der Waals surface area contributed by atoms with Crippen LogP contribution in [0.2, 0.25) is 0 Å². The second-order valence-electron chi connectivity index (χ2n) is 5.11. The van der Waals surface area contributed by atoms with Crippen molar-refractivity contribution in [3.05, 3.63) is 57.8 Å². The Bertz CT molecular complexity index is 764. The molecule has 1 N–H and O–H groups in total. The summed E-state index contributed by atoms with van der Waals surface area (Å²) in [6.45, 7) is 4.37. The number of rotatable bonds is 7. The Balaban J connectivity index is 1.86. The van der Waals surface area contributed by atoms with E-state index in [9.17, 15) is 9.59 Å². The van der Waals surface area contributed by atoms with Crippen LogP contribution in [0.15, 0.2) is 40.9 Å². The van der Waals surface area contributed by atoms with Gasteiger partial charge in [-0.15, -0.1) is 0 Å². The third-order valence-corrected chi connectivity index (χ3v) is 3.76. The fourth-order valence-corrected chi connectivity index (χ4v) is 2.47. The van der Waals surface area contributed by atoms with Gasteiger partial charge in [-0.25, -0.2) is 9.78 Å². The first kappa shape index (κ1) is 18.9. The SMILES string of the molecule is CCOC(=O)c1ccc(C(=O)NCCOc2cccc(Br)c2)nc1C.